The van der Waals surface area contributed by atoms with Crippen LogP contribution in [0.25, 0.3) is 0 Å². The summed E-state index contributed by atoms with van der Waals surface area (Å²) in [5.74, 6) is 0.00207. The molecule has 1 heterocycles. The third kappa shape index (κ3) is 4.07. The van der Waals surface area contributed by atoms with Gasteiger partial charge in [0.1, 0.15) is 0 Å². The summed E-state index contributed by atoms with van der Waals surface area (Å²) in [5, 5.41) is 3.58. The Labute approximate surface area is 117 Å². The number of hydrogen-bond acceptors (Lipinski definition) is 2. The Bertz CT molecular complexity index is 570. The number of rotatable bonds is 4. The van der Waals surface area contributed by atoms with Crippen LogP contribution in [0.2, 0.25) is 5.02 Å². The summed E-state index contributed by atoms with van der Waals surface area (Å²) in [4.78, 5) is 15.8. The minimum atomic E-state index is 0.00207. The molecule has 0 saturated heterocycles. The molecule has 2 rings (SSSR count). The number of nitrogens with zero attached hydrogens (tertiary/aromatic N) is 1. The smallest absolute Gasteiger partial charge is 0.224 e. The lowest BCUT2D eigenvalue weighted by Crippen LogP contribution is -2.24. The molecule has 98 valence electrons. The first-order valence-corrected chi connectivity index (χ1v) is 6.43. The van der Waals surface area contributed by atoms with Gasteiger partial charge in [-0.1, -0.05) is 17.7 Å². The predicted molar refractivity (Wildman–Crippen MR) is 76.0 cm³/mol. The second kappa shape index (κ2) is 6.34. The summed E-state index contributed by atoms with van der Waals surface area (Å²) in [6.45, 7) is 2.48. The zero-order chi connectivity index (χ0) is 13.7. The maximum Gasteiger partial charge on any atom is 0.224 e. The highest BCUT2D eigenvalue weighted by atomic mass is 35.5. The normalized spacial score (nSPS) is 10.2. The van der Waals surface area contributed by atoms with E-state index in [1.165, 1.54) is 0 Å². The lowest BCUT2D eigenvalue weighted by molar-refractivity contribution is -0.120. The highest BCUT2D eigenvalue weighted by Crippen LogP contribution is 2.15. The standard InChI is InChI=1S/C15H15ClN2O/c1-11-8-14(16)3-2-13(11)9-15(19)18-10-12-4-6-17-7-5-12/h2-8H,9-10H2,1H3,(H,18,19). The molecule has 0 aliphatic rings. The minimum Gasteiger partial charge on any atom is -0.352 e. The van der Waals surface area contributed by atoms with Crippen LogP contribution in [0.15, 0.2) is 42.7 Å². The van der Waals surface area contributed by atoms with Crippen molar-refractivity contribution in [2.75, 3.05) is 0 Å². The van der Waals surface area contributed by atoms with E-state index in [1.54, 1.807) is 18.5 Å². The van der Waals surface area contributed by atoms with Crippen molar-refractivity contribution in [2.45, 2.75) is 19.9 Å². The average molecular weight is 275 g/mol. The summed E-state index contributed by atoms with van der Waals surface area (Å²) in [5.41, 5.74) is 3.07. The Morgan fingerprint density at radius 3 is 2.68 bits per heavy atom. The Balaban J connectivity index is 1.91. The van der Waals surface area contributed by atoms with Crippen molar-refractivity contribution >= 4 is 17.5 Å². The summed E-state index contributed by atoms with van der Waals surface area (Å²) in [7, 11) is 0. The van der Waals surface area contributed by atoms with Gasteiger partial charge in [0.25, 0.3) is 0 Å². The fraction of sp³-hybridized carbons (Fsp3) is 0.200. The first-order chi connectivity index (χ1) is 9.15. The Morgan fingerprint density at radius 1 is 1.26 bits per heavy atom. The molecule has 0 spiro atoms. The van der Waals surface area contributed by atoms with Crippen LogP contribution in [-0.4, -0.2) is 10.9 Å². The maximum absolute atomic E-state index is 11.9. The molecule has 0 atom stereocenters. The predicted octanol–water partition coefficient (Wildman–Crippen LogP) is 2.90. The van der Waals surface area contributed by atoms with Crippen molar-refractivity contribution in [3.63, 3.8) is 0 Å². The quantitative estimate of drug-likeness (QED) is 0.931. The number of aryl methyl sites for hydroxylation is 1. The molecule has 1 aromatic carbocycles. The maximum atomic E-state index is 11.9. The molecule has 0 radical (unpaired) electrons. The van der Waals surface area contributed by atoms with Crippen LogP contribution in [0.3, 0.4) is 0 Å². The molecular weight excluding hydrogens is 260 g/mol. The molecule has 0 fully saturated rings. The summed E-state index contributed by atoms with van der Waals surface area (Å²) < 4.78 is 0. The number of aromatic nitrogens is 1. The molecule has 0 bridgehead atoms. The number of pyridine rings is 1. The second-order valence-electron chi connectivity index (χ2n) is 4.38. The highest BCUT2D eigenvalue weighted by molar-refractivity contribution is 6.30. The van der Waals surface area contributed by atoms with E-state index in [-0.39, 0.29) is 5.91 Å². The molecule has 19 heavy (non-hydrogen) atoms. The van der Waals surface area contributed by atoms with Crippen molar-refractivity contribution in [3.8, 4) is 0 Å². The zero-order valence-corrected chi connectivity index (χ0v) is 11.4. The molecule has 1 aromatic heterocycles. The molecule has 0 unspecified atom stereocenters. The van der Waals surface area contributed by atoms with Gasteiger partial charge in [-0.15, -0.1) is 0 Å². The van der Waals surface area contributed by atoms with E-state index < -0.39 is 0 Å². The number of carbonyl (C=O) groups excluding carboxylic acids is 1. The molecule has 0 aliphatic carbocycles. The molecule has 4 heteroatoms. The van der Waals surface area contributed by atoms with Crippen LogP contribution in [-0.2, 0) is 17.8 Å². The van der Waals surface area contributed by atoms with Crippen LogP contribution >= 0.6 is 11.6 Å². The highest BCUT2D eigenvalue weighted by Gasteiger charge is 2.06. The molecule has 1 amide bonds. The van der Waals surface area contributed by atoms with Crippen molar-refractivity contribution in [2.24, 2.45) is 0 Å². The van der Waals surface area contributed by atoms with E-state index in [4.69, 9.17) is 11.6 Å². The number of amides is 1. The van der Waals surface area contributed by atoms with Crippen LogP contribution in [0.1, 0.15) is 16.7 Å². The molecule has 3 nitrogen and oxygen atoms in total. The van der Waals surface area contributed by atoms with E-state index in [9.17, 15) is 4.79 Å². The van der Waals surface area contributed by atoms with Gasteiger partial charge < -0.3 is 5.32 Å². The summed E-state index contributed by atoms with van der Waals surface area (Å²) >= 11 is 5.89. The van der Waals surface area contributed by atoms with Crippen LogP contribution in [0.4, 0.5) is 0 Å². The molecular formula is C15H15ClN2O. The molecule has 1 N–H and O–H groups in total. The number of carbonyl (C=O) groups is 1. The van der Waals surface area contributed by atoms with Gasteiger partial charge in [0.05, 0.1) is 6.42 Å². The van der Waals surface area contributed by atoms with Gasteiger partial charge in [0.15, 0.2) is 0 Å². The topological polar surface area (TPSA) is 42.0 Å². The van der Waals surface area contributed by atoms with Crippen LogP contribution < -0.4 is 5.32 Å². The van der Waals surface area contributed by atoms with Crippen molar-refractivity contribution < 1.29 is 4.79 Å². The lowest BCUT2D eigenvalue weighted by Gasteiger charge is -2.08. The summed E-state index contributed by atoms with van der Waals surface area (Å²) in [6, 6.07) is 9.33. The SMILES string of the molecule is Cc1cc(Cl)ccc1CC(=O)NCc1ccncc1. The largest absolute Gasteiger partial charge is 0.352 e. The van der Waals surface area contributed by atoms with Gasteiger partial charge in [-0.3, -0.25) is 9.78 Å². The van der Waals surface area contributed by atoms with E-state index in [0.717, 1.165) is 16.7 Å². The van der Waals surface area contributed by atoms with Gasteiger partial charge >= 0.3 is 0 Å². The Kier molecular flexibility index (Phi) is 4.53. The number of nitrogens with one attached hydrogen (secondary N) is 1. The summed E-state index contributed by atoms with van der Waals surface area (Å²) in [6.07, 6.45) is 3.80. The minimum absolute atomic E-state index is 0.00207. The first kappa shape index (κ1) is 13.6. The van der Waals surface area contributed by atoms with Crippen molar-refractivity contribution in [1.29, 1.82) is 0 Å². The van der Waals surface area contributed by atoms with Gasteiger partial charge in [0.2, 0.25) is 5.91 Å². The fourth-order valence-corrected chi connectivity index (χ4v) is 2.02. The van der Waals surface area contributed by atoms with E-state index in [1.807, 2.05) is 31.2 Å². The third-order valence-corrected chi connectivity index (χ3v) is 3.13. The van der Waals surface area contributed by atoms with E-state index in [0.29, 0.717) is 18.0 Å². The van der Waals surface area contributed by atoms with Crippen molar-refractivity contribution in [3.05, 3.63) is 64.4 Å². The number of halogens is 1. The van der Waals surface area contributed by atoms with Gasteiger partial charge in [-0.2, -0.15) is 0 Å². The fourth-order valence-electron chi connectivity index (χ4n) is 1.79. The van der Waals surface area contributed by atoms with Crippen molar-refractivity contribution in [1.82, 2.24) is 10.3 Å². The Morgan fingerprint density at radius 2 is 2.00 bits per heavy atom. The molecule has 2 aromatic rings. The van der Waals surface area contributed by atoms with Crippen LogP contribution in [0, 0.1) is 6.92 Å². The van der Waals surface area contributed by atoms with Gasteiger partial charge in [0, 0.05) is 24.0 Å². The van der Waals surface area contributed by atoms with Gasteiger partial charge in [-0.05, 0) is 47.9 Å². The number of benzene rings is 1. The van der Waals surface area contributed by atoms with E-state index in [2.05, 4.69) is 10.3 Å². The molecule has 0 aliphatic heterocycles. The monoisotopic (exact) mass is 274 g/mol. The van der Waals surface area contributed by atoms with E-state index >= 15 is 0 Å². The van der Waals surface area contributed by atoms with Gasteiger partial charge in [-0.25, -0.2) is 0 Å². The average Bonchev–Trinajstić information content (AvgIpc) is 2.41. The molecule has 0 saturated carbocycles. The lowest BCUT2D eigenvalue weighted by atomic mass is 10.1. The number of hydrogen-bond donors (Lipinski definition) is 1. The second-order valence-corrected chi connectivity index (χ2v) is 4.82. The van der Waals surface area contributed by atoms with Crippen LogP contribution in [0.5, 0.6) is 0 Å². The Hall–Kier alpha value is -1.87. The first-order valence-electron chi connectivity index (χ1n) is 6.06. The third-order valence-electron chi connectivity index (χ3n) is 2.89. The zero-order valence-electron chi connectivity index (χ0n) is 10.7.